The Kier molecular flexibility index (Phi) is 6.52. The van der Waals surface area contributed by atoms with Gasteiger partial charge in [-0.25, -0.2) is 0 Å². The second-order valence-corrected chi connectivity index (χ2v) is 7.69. The van der Waals surface area contributed by atoms with Gasteiger partial charge >= 0.3 is 0 Å². The van der Waals surface area contributed by atoms with E-state index >= 15 is 0 Å². The number of ether oxygens (including phenoxy) is 2. The Labute approximate surface area is 182 Å². The Balaban J connectivity index is 1.25. The highest BCUT2D eigenvalue weighted by Gasteiger charge is 2.23. The number of aromatic nitrogens is 2. The lowest BCUT2D eigenvalue weighted by molar-refractivity contribution is 0.0614. The fourth-order valence-corrected chi connectivity index (χ4v) is 3.61. The molecule has 1 saturated heterocycles. The van der Waals surface area contributed by atoms with Crippen LogP contribution in [-0.4, -0.2) is 72.3 Å². The summed E-state index contributed by atoms with van der Waals surface area (Å²) in [6.45, 7) is 6.61. The van der Waals surface area contributed by atoms with Crippen molar-refractivity contribution in [3.8, 4) is 22.8 Å². The summed E-state index contributed by atoms with van der Waals surface area (Å²) in [6, 6.07) is 17.5. The molecule has 0 unspecified atom stereocenters. The summed E-state index contributed by atoms with van der Waals surface area (Å²) >= 11 is 0. The number of aryl methyl sites for hydroxylation is 1. The molecular formula is C24H28N4O3. The minimum atomic E-state index is -0.0113. The molecule has 7 heteroatoms. The van der Waals surface area contributed by atoms with Gasteiger partial charge in [0.25, 0.3) is 5.91 Å². The molecule has 1 aliphatic rings. The van der Waals surface area contributed by atoms with Crippen molar-refractivity contribution in [3.63, 3.8) is 0 Å². The van der Waals surface area contributed by atoms with Crippen LogP contribution >= 0.6 is 0 Å². The molecule has 4 rings (SSSR count). The van der Waals surface area contributed by atoms with Crippen molar-refractivity contribution >= 4 is 5.91 Å². The summed E-state index contributed by atoms with van der Waals surface area (Å²) in [5.41, 5.74) is 3.43. The van der Waals surface area contributed by atoms with Gasteiger partial charge in [0.2, 0.25) is 0 Å². The largest absolute Gasteiger partial charge is 0.497 e. The highest BCUT2D eigenvalue weighted by Crippen LogP contribution is 2.22. The molecular weight excluding hydrogens is 392 g/mol. The highest BCUT2D eigenvalue weighted by atomic mass is 16.5. The van der Waals surface area contributed by atoms with E-state index in [1.807, 2.05) is 47.4 Å². The smallest absolute Gasteiger partial charge is 0.271 e. The molecule has 0 aliphatic carbocycles. The first-order chi connectivity index (χ1) is 15.1. The molecule has 0 radical (unpaired) electrons. The van der Waals surface area contributed by atoms with Gasteiger partial charge in [0.15, 0.2) is 0 Å². The molecule has 0 spiro atoms. The molecule has 1 aromatic heterocycles. The summed E-state index contributed by atoms with van der Waals surface area (Å²) in [5, 5.41) is 7.20. The van der Waals surface area contributed by atoms with Crippen molar-refractivity contribution in [1.29, 1.82) is 0 Å². The number of amides is 1. The molecule has 1 fully saturated rings. The van der Waals surface area contributed by atoms with Crippen LogP contribution in [0, 0.1) is 6.92 Å². The van der Waals surface area contributed by atoms with Gasteiger partial charge < -0.3 is 14.4 Å². The van der Waals surface area contributed by atoms with Crippen LogP contribution in [-0.2, 0) is 0 Å². The van der Waals surface area contributed by atoms with Crippen molar-refractivity contribution in [2.75, 3.05) is 46.4 Å². The number of benzene rings is 2. The average molecular weight is 421 g/mol. The maximum atomic E-state index is 12.9. The van der Waals surface area contributed by atoms with Crippen LogP contribution in [0.3, 0.4) is 0 Å². The first-order valence-corrected chi connectivity index (χ1v) is 10.5. The maximum absolute atomic E-state index is 12.9. The first kappa shape index (κ1) is 20.9. The van der Waals surface area contributed by atoms with Crippen molar-refractivity contribution < 1.29 is 14.3 Å². The van der Waals surface area contributed by atoms with Crippen LogP contribution in [0.15, 0.2) is 54.6 Å². The zero-order valence-electron chi connectivity index (χ0n) is 18.0. The normalized spacial score (nSPS) is 14.5. The first-order valence-electron chi connectivity index (χ1n) is 10.5. The number of nitrogens with one attached hydrogen (secondary N) is 1. The Hall–Kier alpha value is -3.32. The van der Waals surface area contributed by atoms with Crippen molar-refractivity contribution in [2.45, 2.75) is 6.92 Å². The molecule has 0 atom stereocenters. The third-order valence-corrected chi connectivity index (χ3v) is 5.55. The molecule has 1 amide bonds. The van der Waals surface area contributed by atoms with Crippen LogP contribution in [0.4, 0.5) is 0 Å². The Morgan fingerprint density at radius 1 is 1.00 bits per heavy atom. The number of aromatic amines is 1. The highest BCUT2D eigenvalue weighted by molar-refractivity contribution is 5.93. The molecule has 31 heavy (non-hydrogen) atoms. The number of piperazine rings is 1. The molecule has 0 bridgehead atoms. The number of hydrogen-bond donors (Lipinski definition) is 1. The number of rotatable bonds is 7. The Bertz CT molecular complexity index is 990. The second kappa shape index (κ2) is 9.66. The monoisotopic (exact) mass is 420 g/mol. The molecule has 0 saturated carbocycles. The van der Waals surface area contributed by atoms with Crippen LogP contribution in [0.2, 0.25) is 0 Å². The van der Waals surface area contributed by atoms with E-state index in [2.05, 4.69) is 34.2 Å². The SMILES string of the molecule is COc1ccc(-c2cc(C(=O)N3CCN(CCOc4ccc(C)cc4)CC3)[nH]n2)cc1. The van der Waals surface area contributed by atoms with Crippen LogP contribution in [0.1, 0.15) is 16.1 Å². The lowest BCUT2D eigenvalue weighted by Crippen LogP contribution is -2.49. The van der Waals surface area contributed by atoms with Gasteiger partial charge in [-0.1, -0.05) is 17.7 Å². The lowest BCUT2D eigenvalue weighted by Gasteiger charge is -2.34. The second-order valence-electron chi connectivity index (χ2n) is 7.69. The fraction of sp³-hybridized carbons (Fsp3) is 0.333. The summed E-state index contributed by atoms with van der Waals surface area (Å²) in [5.74, 6) is 1.67. The van der Waals surface area contributed by atoms with Crippen LogP contribution < -0.4 is 9.47 Å². The molecule has 1 N–H and O–H groups in total. The van der Waals surface area contributed by atoms with E-state index in [0.29, 0.717) is 25.4 Å². The lowest BCUT2D eigenvalue weighted by atomic mass is 10.1. The summed E-state index contributed by atoms with van der Waals surface area (Å²) < 4.78 is 11.0. The van der Waals surface area contributed by atoms with Crippen molar-refractivity contribution in [1.82, 2.24) is 20.0 Å². The van der Waals surface area contributed by atoms with E-state index in [9.17, 15) is 4.79 Å². The van der Waals surface area contributed by atoms with Crippen LogP contribution in [0.5, 0.6) is 11.5 Å². The minimum Gasteiger partial charge on any atom is -0.497 e. The quantitative estimate of drug-likeness (QED) is 0.636. The third kappa shape index (κ3) is 5.24. The molecule has 1 aliphatic heterocycles. The molecule has 162 valence electrons. The number of carbonyl (C=O) groups excluding carboxylic acids is 1. The van der Waals surface area contributed by atoms with E-state index in [1.54, 1.807) is 7.11 Å². The van der Waals surface area contributed by atoms with Crippen molar-refractivity contribution in [2.24, 2.45) is 0 Å². The standard InChI is InChI=1S/C24H28N4O3/c1-18-3-7-21(8-4-18)31-16-15-27-11-13-28(14-12-27)24(29)23-17-22(25-26-23)19-5-9-20(30-2)10-6-19/h3-10,17H,11-16H2,1-2H3,(H,25,26). The predicted molar refractivity (Wildman–Crippen MR) is 120 cm³/mol. The van der Waals surface area contributed by atoms with Crippen LogP contribution in [0.25, 0.3) is 11.3 Å². The Morgan fingerprint density at radius 3 is 2.35 bits per heavy atom. The molecule has 7 nitrogen and oxygen atoms in total. The topological polar surface area (TPSA) is 70.7 Å². The molecule has 2 aromatic carbocycles. The van der Waals surface area contributed by atoms with E-state index in [-0.39, 0.29) is 5.91 Å². The van der Waals surface area contributed by atoms with Gasteiger partial charge in [-0.3, -0.25) is 14.8 Å². The number of carbonyl (C=O) groups is 1. The van der Waals surface area contributed by atoms with Gasteiger partial charge in [-0.2, -0.15) is 5.10 Å². The number of hydrogen-bond acceptors (Lipinski definition) is 5. The van der Waals surface area contributed by atoms with Crippen molar-refractivity contribution in [3.05, 3.63) is 65.9 Å². The summed E-state index contributed by atoms with van der Waals surface area (Å²) in [6.07, 6.45) is 0. The average Bonchev–Trinajstić information content (AvgIpc) is 3.31. The van der Waals surface area contributed by atoms with Gasteiger partial charge in [0.1, 0.15) is 23.8 Å². The van der Waals surface area contributed by atoms with E-state index < -0.39 is 0 Å². The fourth-order valence-electron chi connectivity index (χ4n) is 3.61. The van der Waals surface area contributed by atoms with E-state index in [1.165, 1.54) is 5.56 Å². The van der Waals surface area contributed by atoms with Gasteiger partial charge in [-0.05, 0) is 49.4 Å². The van der Waals surface area contributed by atoms with E-state index in [4.69, 9.17) is 9.47 Å². The third-order valence-electron chi connectivity index (χ3n) is 5.55. The zero-order chi connectivity index (χ0) is 21.6. The molecule has 3 aromatic rings. The minimum absolute atomic E-state index is 0.0113. The number of H-pyrrole nitrogens is 1. The van der Waals surface area contributed by atoms with Gasteiger partial charge in [-0.15, -0.1) is 0 Å². The summed E-state index contributed by atoms with van der Waals surface area (Å²) in [4.78, 5) is 17.1. The number of methoxy groups -OCH3 is 1. The number of nitrogens with zero attached hydrogens (tertiary/aromatic N) is 3. The summed E-state index contributed by atoms with van der Waals surface area (Å²) in [7, 11) is 1.64. The predicted octanol–water partition coefficient (Wildman–Crippen LogP) is 3.23. The Morgan fingerprint density at radius 2 is 1.68 bits per heavy atom. The van der Waals surface area contributed by atoms with E-state index in [0.717, 1.165) is 42.4 Å². The molecule has 2 heterocycles. The van der Waals surface area contributed by atoms with Gasteiger partial charge in [0, 0.05) is 38.3 Å². The maximum Gasteiger partial charge on any atom is 0.271 e. The zero-order valence-corrected chi connectivity index (χ0v) is 18.0. The van der Waals surface area contributed by atoms with Gasteiger partial charge in [0.05, 0.1) is 12.8 Å².